The van der Waals surface area contributed by atoms with Crippen molar-refractivity contribution in [2.24, 2.45) is 0 Å². The van der Waals surface area contributed by atoms with E-state index >= 15 is 0 Å². The first-order valence-corrected chi connectivity index (χ1v) is 7.40. The number of Topliss-reactive ketones (excluding diaryl/α,β-unsaturated/α-hetero) is 2. The highest BCUT2D eigenvalue weighted by Crippen LogP contribution is 2.21. The number of rotatable bonds is 8. The summed E-state index contributed by atoms with van der Waals surface area (Å²) >= 11 is 0. The number of nitrogens with one attached hydrogen (secondary N) is 1. The number of aromatic nitrogens is 1. The van der Waals surface area contributed by atoms with E-state index in [-0.39, 0.29) is 24.2 Å². The van der Waals surface area contributed by atoms with Crippen LogP contribution in [0.4, 0.5) is 0 Å². The molecule has 0 bridgehead atoms. The van der Waals surface area contributed by atoms with Crippen molar-refractivity contribution < 1.29 is 14.7 Å². The molecule has 1 rings (SSSR count). The molecule has 0 amide bonds. The van der Waals surface area contributed by atoms with Crippen molar-refractivity contribution in [1.29, 1.82) is 0 Å². The van der Waals surface area contributed by atoms with Gasteiger partial charge in [0.2, 0.25) is 0 Å². The van der Waals surface area contributed by atoms with Crippen LogP contribution in [0.1, 0.15) is 59.3 Å². The number of carbonyl (C=O) groups is 2. The molecule has 1 aromatic heterocycles. The number of carbonyl (C=O) groups excluding carboxylic acids is 2. The van der Waals surface area contributed by atoms with Crippen molar-refractivity contribution in [3.05, 3.63) is 22.5 Å². The van der Waals surface area contributed by atoms with Crippen LogP contribution >= 0.6 is 0 Å². The molecule has 2 N–H and O–H groups in total. The topological polar surface area (TPSA) is 73.4 Å². The van der Waals surface area contributed by atoms with Gasteiger partial charge in [0.15, 0.2) is 11.6 Å². The second-order valence-corrected chi connectivity index (χ2v) is 5.69. The average molecular weight is 294 g/mol. The minimum atomic E-state index is -0.370. The molecule has 0 aliphatic carbocycles. The van der Waals surface area contributed by atoms with Gasteiger partial charge in [-0.25, -0.2) is 0 Å². The van der Waals surface area contributed by atoms with Gasteiger partial charge in [-0.3, -0.25) is 14.5 Å². The van der Waals surface area contributed by atoms with Gasteiger partial charge in [0.05, 0.1) is 18.3 Å². The molecule has 21 heavy (non-hydrogen) atoms. The lowest BCUT2D eigenvalue weighted by Gasteiger charge is -2.16. The van der Waals surface area contributed by atoms with E-state index < -0.39 is 0 Å². The standard InChI is InChI=1S/C16H26N2O3/c1-6-13-15(12(4)20)11(3)17-16(13)14(21)9-18(5)8-7-10(2)19/h10,17,19H,6-9H2,1-5H3. The van der Waals surface area contributed by atoms with Crippen molar-refractivity contribution in [3.8, 4) is 0 Å². The SMILES string of the molecule is CCc1c(C(=O)CN(C)CCC(C)O)[nH]c(C)c1C(C)=O. The van der Waals surface area contributed by atoms with Crippen molar-refractivity contribution in [3.63, 3.8) is 0 Å². The highest BCUT2D eigenvalue weighted by atomic mass is 16.3. The number of aromatic amines is 1. The maximum absolute atomic E-state index is 12.4. The normalized spacial score (nSPS) is 12.7. The first-order valence-electron chi connectivity index (χ1n) is 7.40. The monoisotopic (exact) mass is 294 g/mol. The summed E-state index contributed by atoms with van der Waals surface area (Å²) in [5, 5.41) is 9.28. The molecule has 1 unspecified atom stereocenters. The Morgan fingerprint density at radius 1 is 1.38 bits per heavy atom. The Labute approximate surface area is 126 Å². The predicted molar refractivity (Wildman–Crippen MR) is 83.0 cm³/mol. The maximum Gasteiger partial charge on any atom is 0.193 e. The van der Waals surface area contributed by atoms with Gasteiger partial charge < -0.3 is 10.1 Å². The van der Waals surface area contributed by atoms with E-state index in [1.807, 2.05) is 25.8 Å². The van der Waals surface area contributed by atoms with Crippen molar-refractivity contribution in [2.75, 3.05) is 20.1 Å². The number of H-pyrrole nitrogens is 1. The Balaban J connectivity index is 2.88. The highest BCUT2D eigenvalue weighted by molar-refractivity contribution is 6.04. The van der Waals surface area contributed by atoms with Gasteiger partial charge in [0.25, 0.3) is 0 Å². The molecule has 1 heterocycles. The smallest absolute Gasteiger partial charge is 0.193 e. The van der Waals surface area contributed by atoms with Crippen LogP contribution in [0.15, 0.2) is 0 Å². The van der Waals surface area contributed by atoms with Crippen LogP contribution in [0.3, 0.4) is 0 Å². The molecule has 1 atom stereocenters. The molecule has 0 fully saturated rings. The molecule has 0 saturated carbocycles. The molecule has 1 aromatic rings. The molecule has 0 spiro atoms. The fraction of sp³-hybridized carbons (Fsp3) is 0.625. The average Bonchev–Trinajstić information content (AvgIpc) is 2.73. The maximum atomic E-state index is 12.4. The zero-order valence-electron chi connectivity index (χ0n) is 13.6. The third-order valence-electron chi connectivity index (χ3n) is 3.62. The van der Waals surface area contributed by atoms with Gasteiger partial charge in [-0.1, -0.05) is 6.92 Å². The van der Waals surface area contributed by atoms with Crippen molar-refractivity contribution in [1.82, 2.24) is 9.88 Å². The molecular weight excluding hydrogens is 268 g/mol. The fourth-order valence-corrected chi connectivity index (χ4v) is 2.56. The lowest BCUT2D eigenvalue weighted by atomic mass is 10.0. The largest absolute Gasteiger partial charge is 0.393 e. The molecular formula is C16H26N2O3. The Kier molecular flexibility index (Phi) is 6.30. The van der Waals surface area contributed by atoms with Crippen LogP contribution < -0.4 is 0 Å². The summed E-state index contributed by atoms with van der Waals surface area (Å²) in [6.07, 6.45) is 0.913. The van der Waals surface area contributed by atoms with Gasteiger partial charge in [0.1, 0.15) is 0 Å². The summed E-state index contributed by atoms with van der Waals surface area (Å²) in [7, 11) is 1.85. The predicted octanol–water partition coefficient (Wildman–Crippen LogP) is 1.97. The number of nitrogens with zero attached hydrogens (tertiary/aromatic N) is 1. The Bertz CT molecular complexity index is 518. The van der Waals surface area contributed by atoms with Crippen molar-refractivity contribution in [2.45, 2.75) is 46.6 Å². The van der Waals surface area contributed by atoms with E-state index in [0.717, 1.165) is 11.3 Å². The number of hydrogen-bond donors (Lipinski definition) is 2. The van der Waals surface area contributed by atoms with Gasteiger partial charge in [-0.2, -0.15) is 0 Å². The zero-order chi connectivity index (χ0) is 16.2. The first kappa shape index (κ1) is 17.6. The van der Waals surface area contributed by atoms with Crippen LogP contribution in [0, 0.1) is 6.92 Å². The van der Waals surface area contributed by atoms with Gasteiger partial charge >= 0.3 is 0 Å². The lowest BCUT2D eigenvalue weighted by Crippen LogP contribution is -2.29. The second kappa shape index (κ2) is 7.52. The third kappa shape index (κ3) is 4.51. The van der Waals surface area contributed by atoms with Gasteiger partial charge in [-0.05, 0) is 46.2 Å². The van der Waals surface area contributed by atoms with Crippen LogP contribution in [0.25, 0.3) is 0 Å². The Morgan fingerprint density at radius 3 is 2.48 bits per heavy atom. The Hall–Kier alpha value is -1.46. The van der Waals surface area contributed by atoms with Crippen LogP contribution in [-0.2, 0) is 6.42 Å². The highest BCUT2D eigenvalue weighted by Gasteiger charge is 2.22. The summed E-state index contributed by atoms with van der Waals surface area (Å²) in [4.78, 5) is 29.1. The number of aliphatic hydroxyl groups is 1. The van der Waals surface area contributed by atoms with Crippen LogP contribution in [-0.4, -0.2) is 52.8 Å². The summed E-state index contributed by atoms with van der Waals surface area (Å²) in [6.45, 7) is 7.96. The lowest BCUT2D eigenvalue weighted by molar-refractivity contribution is 0.0926. The summed E-state index contributed by atoms with van der Waals surface area (Å²) in [5.74, 6) is -0.0300. The van der Waals surface area contributed by atoms with E-state index in [9.17, 15) is 14.7 Å². The Morgan fingerprint density at radius 2 is 2.00 bits per heavy atom. The minimum absolute atomic E-state index is 0.0119. The summed E-state index contributed by atoms with van der Waals surface area (Å²) < 4.78 is 0. The zero-order valence-corrected chi connectivity index (χ0v) is 13.6. The minimum Gasteiger partial charge on any atom is -0.393 e. The van der Waals surface area contributed by atoms with Crippen LogP contribution in [0.5, 0.6) is 0 Å². The third-order valence-corrected chi connectivity index (χ3v) is 3.62. The van der Waals surface area contributed by atoms with E-state index in [1.54, 1.807) is 6.92 Å². The first-order chi connectivity index (χ1) is 9.77. The number of hydrogen-bond acceptors (Lipinski definition) is 4. The van der Waals surface area contributed by atoms with E-state index in [1.165, 1.54) is 6.92 Å². The fourth-order valence-electron chi connectivity index (χ4n) is 2.56. The summed E-state index contributed by atoms with van der Waals surface area (Å²) in [5.41, 5.74) is 2.76. The summed E-state index contributed by atoms with van der Waals surface area (Å²) in [6, 6.07) is 0. The number of aliphatic hydroxyl groups excluding tert-OH is 1. The number of likely N-dealkylation sites (N-methyl/N-ethyl adjacent to an activating group) is 1. The van der Waals surface area contributed by atoms with E-state index in [0.29, 0.717) is 30.6 Å². The van der Waals surface area contributed by atoms with Crippen LogP contribution in [0.2, 0.25) is 0 Å². The number of ketones is 2. The van der Waals surface area contributed by atoms with E-state index in [4.69, 9.17) is 0 Å². The molecule has 5 nitrogen and oxygen atoms in total. The van der Waals surface area contributed by atoms with Gasteiger partial charge in [-0.15, -0.1) is 0 Å². The number of aryl methyl sites for hydroxylation is 1. The van der Waals surface area contributed by atoms with E-state index in [2.05, 4.69) is 4.98 Å². The molecule has 0 aromatic carbocycles. The molecule has 0 aliphatic heterocycles. The molecule has 0 radical (unpaired) electrons. The molecule has 5 heteroatoms. The quantitative estimate of drug-likeness (QED) is 0.719. The molecule has 0 saturated heterocycles. The molecule has 0 aliphatic rings. The second-order valence-electron chi connectivity index (χ2n) is 5.69. The van der Waals surface area contributed by atoms with Crippen molar-refractivity contribution >= 4 is 11.6 Å². The molecule has 118 valence electrons. The van der Waals surface area contributed by atoms with Gasteiger partial charge in [0, 0.05) is 17.8 Å².